The summed E-state index contributed by atoms with van der Waals surface area (Å²) in [6.07, 6.45) is 7.62. The Hall–Kier alpha value is -0.780. The molecule has 0 amide bonds. The molecule has 0 spiro atoms. The topological polar surface area (TPSA) is 12.0 Å². The van der Waals surface area contributed by atoms with E-state index in [4.69, 9.17) is 6.42 Å². The second-order valence-electron chi connectivity index (χ2n) is 3.95. The lowest BCUT2D eigenvalue weighted by Crippen LogP contribution is -2.30. The van der Waals surface area contributed by atoms with Crippen LogP contribution in [-0.4, -0.2) is 6.04 Å². The molecule has 1 nitrogen and oxygen atoms in total. The average Bonchev–Trinajstić information content (AvgIpc) is 2.29. The van der Waals surface area contributed by atoms with Gasteiger partial charge in [-0.3, -0.25) is 5.32 Å². The summed E-state index contributed by atoms with van der Waals surface area (Å²) in [7, 11) is 0. The van der Waals surface area contributed by atoms with E-state index in [1.54, 1.807) is 0 Å². The van der Waals surface area contributed by atoms with Crippen LogP contribution in [0.1, 0.15) is 38.3 Å². The highest BCUT2D eigenvalue weighted by Gasteiger charge is 2.09. The maximum atomic E-state index is 5.49. The normalized spacial score (nSPS) is 14.1. The van der Waals surface area contributed by atoms with Crippen LogP contribution in [-0.2, 0) is 0 Å². The third kappa shape index (κ3) is 4.00. The molecule has 0 aromatic heterocycles. The highest BCUT2D eigenvalue weighted by Crippen LogP contribution is 2.17. The summed E-state index contributed by atoms with van der Waals surface area (Å²) in [4.78, 5) is 0. The Morgan fingerprint density at radius 2 is 2.00 bits per heavy atom. The largest absolute Gasteiger partial charge is 0.297 e. The van der Waals surface area contributed by atoms with Crippen LogP contribution in [0, 0.1) is 12.3 Å². The molecule has 1 rings (SSSR count). The van der Waals surface area contributed by atoms with E-state index in [1.807, 2.05) is 0 Å². The van der Waals surface area contributed by atoms with Crippen LogP contribution < -0.4 is 5.32 Å². The maximum Gasteiger partial charge on any atom is 0.0691 e. The second kappa shape index (κ2) is 6.73. The van der Waals surface area contributed by atoms with Gasteiger partial charge in [-0.1, -0.05) is 47.3 Å². The van der Waals surface area contributed by atoms with Gasteiger partial charge >= 0.3 is 0 Å². The Morgan fingerprint density at radius 3 is 2.50 bits per heavy atom. The van der Waals surface area contributed by atoms with E-state index >= 15 is 0 Å². The van der Waals surface area contributed by atoms with Crippen molar-refractivity contribution in [1.29, 1.82) is 0 Å². The van der Waals surface area contributed by atoms with Gasteiger partial charge in [-0.15, -0.1) is 6.42 Å². The Morgan fingerprint density at radius 1 is 1.38 bits per heavy atom. The molecule has 0 saturated heterocycles. The van der Waals surface area contributed by atoms with Gasteiger partial charge in [0, 0.05) is 10.5 Å². The summed E-state index contributed by atoms with van der Waals surface area (Å²) in [6.45, 7) is 4.29. The van der Waals surface area contributed by atoms with Crippen LogP contribution in [0.5, 0.6) is 0 Å². The zero-order valence-electron chi connectivity index (χ0n) is 9.83. The van der Waals surface area contributed by atoms with Crippen LogP contribution in [0.15, 0.2) is 28.7 Å². The Balaban J connectivity index is 2.61. The minimum atomic E-state index is 0.170. The first-order valence-electron chi connectivity index (χ1n) is 5.65. The molecular weight excluding hydrogens is 262 g/mol. The van der Waals surface area contributed by atoms with Gasteiger partial charge in [0.25, 0.3) is 0 Å². The van der Waals surface area contributed by atoms with Crippen LogP contribution in [0.4, 0.5) is 0 Å². The summed E-state index contributed by atoms with van der Waals surface area (Å²) < 4.78 is 1.10. The summed E-state index contributed by atoms with van der Waals surface area (Å²) in [5.41, 5.74) is 1.26. The van der Waals surface area contributed by atoms with Gasteiger partial charge in [0.15, 0.2) is 0 Å². The highest BCUT2D eigenvalue weighted by molar-refractivity contribution is 9.10. The number of hydrogen-bond acceptors (Lipinski definition) is 1. The average molecular weight is 280 g/mol. The molecule has 0 aliphatic carbocycles. The molecule has 0 fully saturated rings. The van der Waals surface area contributed by atoms with Crippen molar-refractivity contribution in [1.82, 2.24) is 5.32 Å². The van der Waals surface area contributed by atoms with Gasteiger partial charge in [0.05, 0.1) is 6.04 Å². The lowest BCUT2D eigenvalue weighted by molar-refractivity contribution is 0.495. The van der Waals surface area contributed by atoms with Crippen molar-refractivity contribution in [3.63, 3.8) is 0 Å². The molecular formula is C14H18BrN. The van der Waals surface area contributed by atoms with E-state index in [0.29, 0.717) is 6.04 Å². The lowest BCUT2D eigenvalue weighted by Gasteiger charge is -2.19. The summed E-state index contributed by atoms with van der Waals surface area (Å²) in [5, 5.41) is 3.45. The molecule has 0 saturated carbocycles. The first-order chi connectivity index (χ1) is 7.67. The van der Waals surface area contributed by atoms with Gasteiger partial charge in [0.2, 0.25) is 0 Å². The quantitative estimate of drug-likeness (QED) is 0.806. The zero-order chi connectivity index (χ0) is 12.0. The van der Waals surface area contributed by atoms with Crippen molar-refractivity contribution in [2.45, 2.75) is 38.8 Å². The van der Waals surface area contributed by atoms with Gasteiger partial charge < -0.3 is 0 Å². The summed E-state index contributed by atoms with van der Waals surface area (Å²) in [6, 6.07) is 8.79. The van der Waals surface area contributed by atoms with Crippen molar-refractivity contribution in [3.8, 4) is 12.3 Å². The molecule has 0 aliphatic rings. The first kappa shape index (κ1) is 13.3. The van der Waals surface area contributed by atoms with Gasteiger partial charge in [-0.05, 0) is 31.0 Å². The predicted octanol–water partition coefficient (Wildman–Crippen LogP) is 3.90. The first-order valence-corrected chi connectivity index (χ1v) is 6.44. The molecule has 86 valence electrons. The molecule has 0 aliphatic heterocycles. The van der Waals surface area contributed by atoms with Crippen LogP contribution in [0.25, 0.3) is 0 Å². The van der Waals surface area contributed by atoms with Crippen molar-refractivity contribution in [3.05, 3.63) is 34.3 Å². The Kier molecular flexibility index (Phi) is 5.59. The van der Waals surface area contributed by atoms with Crippen molar-refractivity contribution in [2.24, 2.45) is 0 Å². The number of benzene rings is 1. The van der Waals surface area contributed by atoms with Crippen molar-refractivity contribution in [2.75, 3.05) is 0 Å². The molecule has 2 unspecified atom stereocenters. The highest BCUT2D eigenvalue weighted by atomic mass is 79.9. The fourth-order valence-electron chi connectivity index (χ4n) is 1.65. The Labute approximate surface area is 107 Å². The van der Waals surface area contributed by atoms with Crippen LogP contribution in [0.2, 0.25) is 0 Å². The van der Waals surface area contributed by atoms with Crippen molar-refractivity contribution < 1.29 is 0 Å². The maximum absolute atomic E-state index is 5.49. The van der Waals surface area contributed by atoms with E-state index < -0.39 is 0 Å². The molecule has 0 heterocycles. The van der Waals surface area contributed by atoms with Crippen LogP contribution >= 0.6 is 15.9 Å². The van der Waals surface area contributed by atoms with E-state index in [1.165, 1.54) is 5.56 Å². The number of terminal acetylenes is 1. The van der Waals surface area contributed by atoms with Gasteiger partial charge in [-0.2, -0.15) is 0 Å². The van der Waals surface area contributed by atoms with E-state index in [9.17, 15) is 0 Å². The molecule has 16 heavy (non-hydrogen) atoms. The molecule has 1 aromatic rings. The monoisotopic (exact) mass is 279 g/mol. The number of nitrogens with one attached hydrogen (secondary N) is 1. The number of halogens is 1. The second-order valence-corrected chi connectivity index (χ2v) is 4.86. The fraction of sp³-hybridized carbons (Fsp3) is 0.429. The minimum Gasteiger partial charge on any atom is -0.297 e. The molecule has 1 aromatic carbocycles. The molecule has 0 radical (unpaired) electrons. The van der Waals surface area contributed by atoms with E-state index in [-0.39, 0.29) is 6.04 Å². The van der Waals surface area contributed by atoms with Gasteiger partial charge in [-0.25, -0.2) is 0 Å². The number of hydrogen-bond donors (Lipinski definition) is 1. The predicted molar refractivity (Wildman–Crippen MR) is 73.2 cm³/mol. The lowest BCUT2D eigenvalue weighted by atomic mass is 10.1. The number of rotatable bonds is 5. The standard InChI is InChI=1S/C14H18BrN/c1-4-6-14(5-2)16-11(3)12-7-9-13(15)10-8-12/h2,7-11,14,16H,4,6H2,1,3H3. The fourth-order valence-corrected chi connectivity index (χ4v) is 1.92. The Bertz CT molecular complexity index is 350. The van der Waals surface area contributed by atoms with E-state index in [0.717, 1.165) is 17.3 Å². The smallest absolute Gasteiger partial charge is 0.0691 e. The molecule has 0 bridgehead atoms. The van der Waals surface area contributed by atoms with Gasteiger partial charge in [0.1, 0.15) is 0 Å². The van der Waals surface area contributed by atoms with Crippen molar-refractivity contribution >= 4 is 15.9 Å². The molecule has 2 heteroatoms. The van der Waals surface area contributed by atoms with Crippen LogP contribution in [0.3, 0.4) is 0 Å². The SMILES string of the molecule is C#CC(CCC)NC(C)c1ccc(Br)cc1. The molecule has 1 N–H and O–H groups in total. The summed E-state index contributed by atoms with van der Waals surface area (Å²) >= 11 is 3.43. The van der Waals surface area contributed by atoms with E-state index in [2.05, 4.69) is 65.3 Å². The molecule has 2 atom stereocenters. The third-order valence-electron chi connectivity index (χ3n) is 2.60. The minimum absolute atomic E-state index is 0.170. The summed E-state index contributed by atoms with van der Waals surface area (Å²) in [5.74, 6) is 2.79. The third-order valence-corrected chi connectivity index (χ3v) is 3.13. The zero-order valence-corrected chi connectivity index (χ0v) is 11.4.